The van der Waals surface area contributed by atoms with E-state index in [0.29, 0.717) is 42.6 Å². The van der Waals surface area contributed by atoms with E-state index in [-0.39, 0.29) is 6.10 Å². The monoisotopic (exact) mass is 331 g/mol. The average Bonchev–Trinajstić information content (AvgIpc) is 2.59. The van der Waals surface area contributed by atoms with Crippen LogP contribution in [0.1, 0.15) is 0 Å². The largest absolute Gasteiger partial charge is 0.486 e. The summed E-state index contributed by atoms with van der Waals surface area (Å²) in [6.45, 7) is 2.15. The molecule has 0 unspecified atom stereocenters. The van der Waals surface area contributed by atoms with Crippen molar-refractivity contribution < 1.29 is 9.47 Å². The maximum absolute atomic E-state index is 11.7. The minimum atomic E-state index is -0.487. The van der Waals surface area contributed by atoms with Crippen LogP contribution in [-0.4, -0.2) is 51.3 Å². The highest BCUT2D eigenvalue weighted by atomic mass is 16.6. The van der Waals surface area contributed by atoms with Crippen LogP contribution >= 0.6 is 0 Å². The van der Waals surface area contributed by atoms with Gasteiger partial charge in [0.15, 0.2) is 11.5 Å². The molecule has 0 bridgehead atoms. The number of likely N-dealkylation sites (N-methyl/N-ethyl adjacent to an activating group) is 1. The number of para-hydroxylation sites is 2. The first-order valence-corrected chi connectivity index (χ1v) is 7.90. The Balaban J connectivity index is 1.57. The van der Waals surface area contributed by atoms with Crippen molar-refractivity contribution in [2.75, 3.05) is 51.0 Å². The number of benzene rings is 1. The molecule has 3 rings (SSSR count). The Hall–Kier alpha value is -2.54. The van der Waals surface area contributed by atoms with Crippen LogP contribution in [0.15, 0.2) is 33.9 Å². The van der Waals surface area contributed by atoms with Gasteiger partial charge in [-0.25, -0.2) is 0 Å². The van der Waals surface area contributed by atoms with Crippen LogP contribution in [-0.2, 0) is 0 Å². The lowest BCUT2D eigenvalue weighted by Crippen LogP contribution is -2.42. The highest BCUT2D eigenvalue weighted by molar-refractivity contribution is 5.74. The summed E-state index contributed by atoms with van der Waals surface area (Å²) >= 11 is 0. The topological polar surface area (TPSA) is 79.9 Å². The van der Waals surface area contributed by atoms with Crippen molar-refractivity contribution in [3.05, 3.63) is 44.7 Å². The van der Waals surface area contributed by atoms with Crippen LogP contribution in [0.2, 0.25) is 0 Å². The number of rotatable bonds is 7. The molecule has 2 aromatic carbocycles. The van der Waals surface area contributed by atoms with Crippen LogP contribution in [0.25, 0.3) is 0 Å². The molecule has 0 aromatic heterocycles. The van der Waals surface area contributed by atoms with E-state index in [1.807, 2.05) is 43.3 Å². The van der Waals surface area contributed by atoms with E-state index in [0.717, 1.165) is 6.54 Å². The Kier molecular flexibility index (Phi) is 4.71. The van der Waals surface area contributed by atoms with Gasteiger partial charge in [-0.3, -0.25) is 9.59 Å². The lowest BCUT2D eigenvalue weighted by molar-refractivity contribution is 0.0997. The SMILES string of the molecule is CN(C)CCNc1c(NC[C@@H]2COc3ccccc3O2)c(=O)c1=O. The Bertz CT molecular complexity index is 780. The standard InChI is InChI=1S/C17H21N3O4/c1-20(2)8-7-18-14-15(17(22)16(14)21)19-9-11-10-23-12-5-3-4-6-13(12)24-11/h3-6,11,18-19H,7-10H2,1-2H3/t11-/m1/s1. The fourth-order valence-electron chi connectivity index (χ4n) is 2.51. The molecule has 0 amide bonds. The lowest BCUT2D eigenvalue weighted by atomic mass is 10.1. The zero-order chi connectivity index (χ0) is 17.1. The van der Waals surface area contributed by atoms with Crippen molar-refractivity contribution in [1.29, 1.82) is 0 Å². The van der Waals surface area contributed by atoms with Gasteiger partial charge in [-0.05, 0) is 26.2 Å². The Labute approximate surface area is 139 Å². The molecule has 128 valence electrons. The van der Waals surface area contributed by atoms with Crippen LogP contribution in [0.3, 0.4) is 0 Å². The van der Waals surface area contributed by atoms with Gasteiger partial charge < -0.3 is 25.0 Å². The van der Waals surface area contributed by atoms with Crippen molar-refractivity contribution >= 4 is 11.4 Å². The quantitative estimate of drug-likeness (QED) is 0.716. The number of fused-ring (bicyclic) bond motifs is 1. The number of anilines is 2. The molecule has 7 heteroatoms. The van der Waals surface area contributed by atoms with Crippen molar-refractivity contribution in [2.24, 2.45) is 0 Å². The van der Waals surface area contributed by atoms with Crippen LogP contribution < -0.4 is 31.0 Å². The second-order valence-corrected chi connectivity index (χ2v) is 6.02. The van der Waals surface area contributed by atoms with Crippen molar-refractivity contribution in [3.63, 3.8) is 0 Å². The number of nitrogens with one attached hydrogen (secondary N) is 2. The summed E-state index contributed by atoms with van der Waals surface area (Å²) in [6, 6.07) is 7.45. The van der Waals surface area contributed by atoms with Gasteiger partial charge in [-0.1, -0.05) is 12.1 Å². The Morgan fingerprint density at radius 2 is 1.75 bits per heavy atom. The maximum Gasteiger partial charge on any atom is 0.253 e. The summed E-state index contributed by atoms with van der Waals surface area (Å²) in [5, 5.41) is 6.03. The van der Waals surface area contributed by atoms with Gasteiger partial charge in [0.2, 0.25) is 0 Å². The second kappa shape index (κ2) is 6.92. The highest BCUT2D eigenvalue weighted by Gasteiger charge is 2.24. The molecule has 7 nitrogen and oxygen atoms in total. The molecule has 1 atom stereocenters. The van der Waals surface area contributed by atoms with Crippen LogP contribution in [0, 0.1) is 0 Å². The van der Waals surface area contributed by atoms with E-state index in [4.69, 9.17) is 9.47 Å². The van der Waals surface area contributed by atoms with Gasteiger partial charge in [-0.15, -0.1) is 0 Å². The molecule has 24 heavy (non-hydrogen) atoms. The third-order valence-corrected chi connectivity index (χ3v) is 3.85. The number of nitrogens with zero attached hydrogens (tertiary/aromatic N) is 1. The molecule has 2 aromatic rings. The summed E-state index contributed by atoms with van der Waals surface area (Å²) in [4.78, 5) is 25.4. The average molecular weight is 331 g/mol. The zero-order valence-electron chi connectivity index (χ0n) is 13.8. The molecular formula is C17H21N3O4. The van der Waals surface area contributed by atoms with Crippen molar-refractivity contribution in [3.8, 4) is 11.5 Å². The Morgan fingerprint density at radius 3 is 2.46 bits per heavy atom. The molecule has 1 aliphatic heterocycles. The Morgan fingerprint density at radius 1 is 1.08 bits per heavy atom. The predicted octanol–water partition coefficient (Wildman–Crippen LogP) is 0.508. The normalized spacial score (nSPS) is 16.4. The summed E-state index contributed by atoms with van der Waals surface area (Å²) < 4.78 is 11.5. The molecule has 0 radical (unpaired) electrons. The lowest BCUT2D eigenvalue weighted by Gasteiger charge is -2.27. The van der Waals surface area contributed by atoms with E-state index in [1.165, 1.54) is 0 Å². The minimum Gasteiger partial charge on any atom is -0.486 e. The predicted molar refractivity (Wildman–Crippen MR) is 93.2 cm³/mol. The summed E-state index contributed by atoms with van der Waals surface area (Å²) in [5.41, 5.74) is -0.262. The van der Waals surface area contributed by atoms with Crippen molar-refractivity contribution in [1.82, 2.24) is 4.90 Å². The van der Waals surface area contributed by atoms with E-state index < -0.39 is 10.9 Å². The minimum absolute atomic E-state index is 0.223. The molecule has 1 heterocycles. The van der Waals surface area contributed by atoms with Gasteiger partial charge in [-0.2, -0.15) is 0 Å². The summed E-state index contributed by atoms with van der Waals surface area (Å²) in [6.07, 6.45) is -0.223. The molecule has 1 aliphatic rings. The van der Waals surface area contributed by atoms with E-state index >= 15 is 0 Å². The van der Waals surface area contributed by atoms with Gasteiger partial charge in [0.1, 0.15) is 24.1 Å². The third kappa shape index (κ3) is 3.35. The first kappa shape index (κ1) is 16.3. The molecule has 2 N–H and O–H groups in total. The summed E-state index contributed by atoms with van der Waals surface area (Å²) in [7, 11) is 3.89. The van der Waals surface area contributed by atoms with E-state index in [1.54, 1.807) is 0 Å². The van der Waals surface area contributed by atoms with Gasteiger partial charge in [0.25, 0.3) is 10.9 Å². The number of hydrogen-bond donors (Lipinski definition) is 2. The summed E-state index contributed by atoms with van der Waals surface area (Å²) in [5.74, 6) is 1.40. The fourth-order valence-corrected chi connectivity index (χ4v) is 2.51. The van der Waals surface area contributed by atoms with E-state index in [9.17, 15) is 9.59 Å². The fraction of sp³-hybridized carbons (Fsp3) is 0.412. The van der Waals surface area contributed by atoms with Gasteiger partial charge >= 0.3 is 0 Å². The molecule has 0 spiro atoms. The van der Waals surface area contributed by atoms with Gasteiger partial charge in [0, 0.05) is 13.1 Å². The second-order valence-electron chi connectivity index (χ2n) is 6.02. The van der Waals surface area contributed by atoms with Gasteiger partial charge in [0.05, 0.1) is 6.54 Å². The first-order chi connectivity index (χ1) is 11.6. The molecule has 0 saturated heterocycles. The first-order valence-electron chi connectivity index (χ1n) is 7.90. The smallest absolute Gasteiger partial charge is 0.253 e. The molecule has 0 aliphatic carbocycles. The van der Waals surface area contributed by atoms with Crippen LogP contribution in [0.5, 0.6) is 11.5 Å². The van der Waals surface area contributed by atoms with E-state index in [2.05, 4.69) is 10.6 Å². The molecular weight excluding hydrogens is 310 g/mol. The third-order valence-electron chi connectivity index (χ3n) is 3.85. The molecule has 0 saturated carbocycles. The number of ether oxygens (including phenoxy) is 2. The highest BCUT2D eigenvalue weighted by Crippen LogP contribution is 2.30. The van der Waals surface area contributed by atoms with Crippen molar-refractivity contribution in [2.45, 2.75) is 6.10 Å². The van der Waals surface area contributed by atoms with Crippen LogP contribution in [0.4, 0.5) is 11.4 Å². The maximum atomic E-state index is 11.7. The molecule has 0 fully saturated rings. The zero-order valence-corrected chi connectivity index (χ0v) is 13.8. The number of hydrogen-bond acceptors (Lipinski definition) is 7.